The first-order valence-electron chi connectivity index (χ1n) is 11.4. The fraction of sp³-hybridized carbons (Fsp3) is 0.440. The lowest BCUT2D eigenvalue weighted by Gasteiger charge is -2.38. The molecule has 2 aromatic rings. The summed E-state index contributed by atoms with van der Waals surface area (Å²) < 4.78 is 10.9. The van der Waals surface area contributed by atoms with Crippen molar-refractivity contribution in [3.63, 3.8) is 0 Å². The van der Waals surface area contributed by atoms with Gasteiger partial charge in [0.1, 0.15) is 17.5 Å². The minimum Gasteiger partial charge on any atom is -0.497 e. The Kier molecular flexibility index (Phi) is 8.40. The Hall–Kier alpha value is -3.42. The van der Waals surface area contributed by atoms with Crippen LogP contribution in [0.3, 0.4) is 0 Å². The number of para-hydroxylation sites is 2. The highest BCUT2D eigenvalue weighted by Crippen LogP contribution is 2.29. The van der Waals surface area contributed by atoms with E-state index >= 15 is 0 Å². The van der Waals surface area contributed by atoms with E-state index < -0.39 is 12.1 Å². The van der Waals surface area contributed by atoms with Crippen LogP contribution in [0.4, 0.5) is 16.2 Å². The Morgan fingerprint density at radius 2 is 1.76 bits per heavy atom. The number of nitrogens with zero attached hydrogens (tertiary/aromatic N) is 2. The number of amides is 3. The predicted molar refractivity (Wildman–Crippen MR) is 130 cm³/mol. The molecule has 2 aromatic carbocycles. The van der Waals surface area contributed by atoms with E-state index in [0.29, 0.717) is 44.2 Å². The van der Waals surface area contributed by atoms with Crippen LogP contribution in [0.1, 0.15) is 20.8 Å². The Labute approximate surface area is 195 Å². The average molecular weight is 455 g/mol. The van der Waals surface area contributed by atoms with E-state index in [0.717, 1.165) is 11.4 Å². The highest BCUT2D eigenvalue weighted by molar-refractivity contribution is 5.94. The number of nitrogens with one attached hydrogen (secondary N) is 2. The molecule has 178 valence electrons. The van der Waals surface area contributed by atoms with Crippen molar-refractivity contribution in [2.75, 3.05) is 50.1 Å². The van der Waals surface area contributed by atoms with Crippen LogP contribution in [-0.4, -0.2) is 62.8 Å². The number of methoxy groups -OCH3 is 1. The van der Waals surface area contributed by atoms with Gasteiger partial charge in [-0.3, -0.25) is 4.79 Å². The van der Waals surface area contributed by atoms with Crippen LogP contribution in [0.15, 0.2) is 48.5 Å². The molecule has 1 fully saturated rings. The quantitative estimate of drug-likeness (QED) is 0.637. The zero-order valence-corrected chi connectivity index (χ0v) is 19.8. The van der Waals surface area contributed by atoms with E-state index in [1.54, 1.807) is 31.4 Å². The molecule has 8 heteroatoms. The Morgan fingerprint density at radius 3 is 2.42 bits per heavy atom. The molecule has 1 heterocycles. The Balaban J connectivity index is 1.59. The summed E-state index contributed by atoms with van der Waals surface area (Å²) in [5.41, 5.74) is 1.64. The molecule has 1 atom stereocenters. The topological polar surface area (TPSA) is 83.1 Å². The molecule has 0 aliphatic carbocycles. The summed E-state index contributed by atoms with van der Waals surface area (Å²) in [6, 6.07) is 14.0. The summed E-state index contributed by atoms with van der Waals surface area (Å²) in [4.78, 5) is 29.9. The van der Waals surface area contributed by atoms with Gasteiger partial charge in [0, 0.05) is 37.9 Å². The number of urea groups is 1. The van der Waals surface area contributed by atoms with Crippen molar-refractivity contribution >= 4 is 23.3 Å². The number of piperazine rings is 1. The minimum absolute atomic E-state index is 0.0507. The number of carbonyl (C=O) groups excluding carboxylic acids is 2. The van der Waals surface area contributed by atoms with Crippen molar-refractivity contribution in [3.8, 4) is 11.5 Å². The normalized spacial score (nSPS) is 14.6. The third-order valence-electron chi connectivity index (χ3n) is 5.64. The van der Waals surface area contributed by atoms with Gasteiger partial charge in [0.25, 0.3) is 0 Å². The molecule has 1 aliphatic heterocycles. The zero-order chi connectivity index (χ0) is 23.8. The van der Waals surface area contributed by atoms with Gasteiger partial charge in [-0.2, -0.15) is 0 Å². The second kappa shape index (κ2) is 11.4. The van der Waals surface area contributed by atoms with Crippen molar-refractivity contribution < 1.29 is 19.1 Å². The summed E-state index contributed by atoms with van der Waals surface area (Å²) >= 11 is 0. The van der Waals surface area contributed by atoms with Gasteiger partial charge in [-0.25, -0.2) is 4.79 Å². The molecule has 0 bridgehead atoms. The minimum atomic E-state index is -0.613. The molecule has 3 amide bonds. The van der Waals surface area contributed by atoms with E-state index in [4.69, 9.17) is 9.47 Å². The van der Waals surface area contributed by atoms with Crippen molar-refractivity contribution in [1.82, 2.24) is 10.2 Å². The number of carbonyl (C=O) groups is 2. The van der Waals surface area contributed by atoms with E-state index in [1.165, 1.54) is 0 Å². The first kappa shape index (κ1) is 24.2. The fourth-order valence-electron chi connectivity index (χ4n) is 3.88. The second-order valence-corrected chi connectivity index (χ2v) is 8.27. The van der Waals surface area contributed by atoms with E-state index in [9.17, 15) is 9.59 Å². The monoisotopic (exact) mass is 454 g/mol. The van der Waals surface area contributed by atoms with E-state index in [2.05, 4.69) is 15.5 Å². The maximum Gasteiger partial charge on any atom is 0.319 e. The maximum atomic E-state index is 13.3. The molecule has 3 rings (SSSR count). The number of benzene rings is 2. The van der Waals surface area contributed by atoms with Crippen molar-refractivity contribution in [2.45, 2.75) is 26.8 Å². The Morgan fingerprint density at radius 1 is 1.03 bits per heavy atom. The number of hydrogen-bond acceptors (Lipinski definition) is 5. The molecule has 0 saturated carbocycles. The molecular formula is C25H34N4O4. The Bertz CT molecular complexity index is 942. The van der Waals surface area contributed by atoms with Gasteiger partial charge in [-0.05, 0) is 37.1 Å². The summed E-state index contributed by atoms with van der Waals surface area (Å²) in [5, 5.41) is 5.64. The van der Waals surface area contributed by atoms with Crippen LogP contribution in [-0.2, 0) is 4.79 Å². The highest BCUT2D eigenvalue weighted by atomic mass is 16.5. The van der Waals surface area contributed by atoms with Crippen LogP contribution < -0.4 is 25.0 Å². The lowest BCUT2D eigenvalue weighted by Crippen LogP contribution is -2.57. The zero-order valence-electron chi connectivity index (χ0n) is 19.8. The molecular weight excluding hydrogens is 420 g/mol. The standard InChI is InChI=1S/C25H34N4O4/c1-5-33-22-12-7-6-11-21(22)28-13-15-29(16-14-28)24(30)23(18(2)3)27-25(31)26-19-9-8-10-20(17-19)32-4/h6-12,17-18,23H,5,13-16H2,1-4H3,(H2,26,27,31). The second-order valence-electron chi connectivity index (χ2n) is 8.27. The number of rotatable bonds is 8. The average Bonchev–Trinajstić information content (AvgIpc) is 2.83. The molecule has 0 radical (unpaired) electrons. The first-order valence-corrected chi connectivity index (χ1v) is 11.4. The molecule has 33 heavy (non-hydrogen) atoms. The smallest absolute Gasteiger partial charge is 0.319 e. The largest absolute Gasteiger partial charge is 0.497 e. The van der Waals surface area contributed by atoms with E-state index in [1.807, 2.05) is 49.9 Å². The van der Waals surface area contributed by atoms with Crippen LogP contribution >= 0.6 is 0 Å². The molecule has 2 N–H and O–H groups in total. The highest BCUT2D eigenvalue weighted by Gasteiger charge is 2.31. The van der Waals surface area contributed by atoms with Gasteiger partial charge in [-0.15, -0.1) is 0 Å². The lowest BCUT2D eigenvalue weighted by atomic mass is 10.0. The maximum absolute atomic E-state index is 13.3. The van der Waals surface area contributed by atoms with Gasteiger partial charge in [0.15, 0.2) is 0 Å². The lowest BCUT2D eigenvalue weighted by molar-refractivity contribution is -0.134. The van der Waals surface area contributed by atoms with Gasteiger partial charge in [-0.1, -0.05) is 32.0 Å². The van der Waals surface area contributed by atoms with Crippen LogP contribution in [0, 0.1) is 5.92 Å². The van der Waals surface area contributed by atoms with Crippen molar-refractivity contribution in [2.24, 2.45) is 5.92 Å². The summed E-state index contributed by atoms with van der Waals surface area (Å²) in [5.74, 6) is 1.39. The third kappa shape index (κ3) is 6.31. The third-order valence-corrected chi connectivity index (χ3v) is 5.64. The molecule has 1 saturated heterocycles. The first-order chi connectivity index (χ1) is 15.9. The van der Waals surface area contributed by atoms with Gasteiger partial charge >= 0.3 is 6.03 Å². The summed E-state index contributed by atoms with van der Waals surface area (Å²) in [7, 11) is 1.57. The molecule has 1 unspecified atom stereocenters. The molecule has 8 nitrogen and oxygen atoms in total. The van der Waals surface area contributed by atoms with Gasteiger partial charge < -0.3 is 29.9 Å². The van der Waals surface area contributed by atoms with Gasteiger partial charge in [0.05, 0.1) is 19.4 Å². The van der Waals surface area contributed by atoms with Gasteiger partial charge in [0.2, 0.25) is 5.91 Å². The SMILES string of the molecule is CCOc1ccccc1N1CCN(C(=O)C(NC(=O)Nc2cccc(OC)c2)C(C)C)CC1. The molecule has 0 aromatic heterocycles. The van der Waals surface area contributed by atoms with Crippen molar-refractivity contribution in [3.05, 3.63) is 48.5 Å². The fourth-order valence-corrected chi connectivity index (χ4v) is 3.88. The number of hydrogen-bond donors (Lipinski definition) is 2. The molecule has 0 spiro atoms. The number of ether oxygens (including phenoxy) is 2. The van der Waals surface area contributed by atoms with E-state index in [-0.39, 0.29) is 11.8 Å². The van der Waals surface area contributed by atoms with Crippen LogP contribution in [0.25, 0.3) is 0 Å². The predicted octanol–water partition coefficient (Wildman–Crippen LogP) is 3.59. The molecule has 1 aliphatic rings. The summed E-state index contributed by atoms with van der Waals surface area (Å²) in [6.07, 6.45) is 0. The van der Waals surface area contributed by atoms with Crippen LogP contribution in [0.2, 0.25) is 0 Å². The summed E-state index contributed by atoms with van der Waals surface area (Å²) in [6.45, 7) is 9.02. The van der Waals surface area contributed by atoms with Crippen molar-refractivity contribution in [1.29, 1.82) is 0 Å². The van der Waals surface area contributed by atoms with Crippen LogP contribution in [0.5, 0.6) is 11.5 Å². The number of anilines is 2.